The third-order valence-corrected chi connectivity index (χ3v) is 4.67. The molecule has 1 N–H and O–H groups in total. The fraction of sp³-hybridized carbons (Fsp3) is 1.00. The van der Waals surface area contributed by atoms with E-state index in [4.69, 9.17) is 0 Å². The van der Waals surface area contributed by atoms with Gasteiger partial charge in [-0.3, -0.25) is 10.1 Å². The number of aliphatic hydroxyl groups is 1. The molecule has 4 nitrogen and oxygen atoms in total. The summed E-state index contributed by atoms with van der Waals surface area (Å²) in [5.41, 5.74) is -1.09. The van der Waals surface area contributed by atoms with E-state index in [1.165, 1.54) is 38.5 Å². The predicted molar refractivity (Wildman–Crippen MR) is 92.8 cm³/mol. The molecule has 0 fully saturated rings. The molecule has 0 aromatic carbocycles. The summed E-state index contributed by atoms with van der Waals surface area (Å²) in [6.07, 6.45) is 14.7. The van der Waals surface area contributed by atoms with Crippen LogP contribution in [0.2, 0.25) is 0 Å². The summed E-state index contributed by atoms with van der Waals surface area (Å²) in [7, 11) is 0. The van der Waals surface area contributed by atoms with E-state index in [1.54, 1.807) is 0 Å². The summed E-state index contributed by atoms with van der Waals surface area (Å²) < 4.78 is 0. The number of hydrogen-bond acceptors (Lipinski definition) is 3. The first-order chi connectivity index (χ1) is 10.6. The van der Waals surface area contributed by atoms with Gasteiger partial charge < -0.3 is 5.11 Å². The van der Waals surface area contributed by atoms with Crippen molar-refractivity contribution in [3.05, 3.63) is 10.1 Å². The Balaban J connectivity index is 3.96. The van der Waals surface area contributed by atoms with Crippen LogP contribution in [-0.2, 0) is 0 Å². The zero-order valence-corrected chi connectivity index (χ0v) is 14.8. The topological polar surface area (TPSA) is 63.4 Å². The van der Waals surface area contributed by atoms with Crippen molar-refractivity contribution in [2.45, 2.75) is 109 Å². The first-order valence-corrected chi connectivity index (χ1v) is 9.38. The first kappa shape index (κ1) is 21.4. The van der Waals surface area contributed by atoms with Crippen LogP contribution < -0.4 is 0 Å². The Morgan fingerprint density at radius 3 is 1.50 bits per heavy atom. The summed E-state index contributed by atoms with van der Waals surface area (Å²) in [5, 5.41) is 21.0. The Kier molecular flexibility index (Phi) is 13.6. The molecule has 0 aromatic heterocycles. The van der Waals surface area contributed by atoms with Crippen LogP contribution in [0.5, 0.6) is 0 Å². The zero-order valence-electron chi connectivity index (χ0n) is 14.8. The van der Waals surface area contributed by atoms with Crippen LogP contribution in [0.1, 0.15) is 104 Å². The molecule has 1 atom stereocenters. The summed E-state index contributed by atoms with van der Waals surface area (Å²) in [4.78, 5) is 11.2. The van der Waals surface area contributed by atoms with Crippen LogP contribution in [0, 0.1) is 10.1 Å². The molecule has 0 bridgehead atoms. The lowest BCUT2D eigenvalue weighted by molar-refractivity contribution is -0.576. The molecule has 0 radical (unpaired) electrons. The van der Waals surface area contributed by atoms with Crippen molar-refractivity contribution in [1.82, 2.24) is 0 Å². The highest BCUT2D eigenvalue weighted by atomic mass is 16.6. The highest BCUT2D eigenvalue weighted by molar-refractivity contribution is 4.78. The second-order valence-electron chi connectivity index (χ2n) is 6.68. The highest BCUT2D eigenvalue weighted by Gasteiger charge is 2.40. The maximum atomic E-state index is 11.4. The molecule has 0 aliphatic rings. The van der Waals surface area contributed by atoms with Gasteiger partial charge in [0.1, 0.15) is 6.61 Å². The molecule has 4 heteroatoms. The van der Waals surface area contributed by atoms with E-state index in [-0.39, 0.29) is 11.5 Å². The van der Waals surface area contributed by atoms with Gasteiger partial charge in [-0.2, -0.15) is 0 Å². The molecule has 1 unspecified atom stereocenters. The Labute approximate surface area is 136 Å². The van der Waals surface area contributed by atoms with E-state index in [2.05, 4.69) is 13.8 Å². The number of nitro groups is 1. The minimum absolute atomic E-state index is 0.222. The quantitative estimate of drug-likeness (QED) is 0.232. The SMILES string of the molecule is CCCCCCCCCCC(CO)(CCCCCC)[N+](=O)[O-]. The second kappa shape index (κ2) is 14.0. The molecular formula is C18H37NO3. The molecule has 0 rings (SSSR count). The van der Waals surface area contributed by atoms with Crippen LogP contribution in [0.4, 0.5) is 0 Å². The predicted octanol–water partition coefficient (Wildman–Crippen LogP) is 5.50. The monoisotopic (exact) mass is 315 g/mol. The van der Waals surface area contributed by atoms with Crippen molar-refractivity contribution in [3.8, 4) is 0 Å². The highest BCUT2D eigenvalue weighted by Crippen LogP contribution is 2.26. The third-order valence-electron chi connectivity index (χ3n) is 4.67. The number of nitrogens with zero attached hydrogens (tertiary/aromatic N) is 1. The fourth-order valence-electron chi connectivity index (χ4n) is 2.99. The average Bonchev–Trinajstić information content (AvgIpc) is 2.52. The van der Waals surface area contributed by atoms with Gasteiger partial charge in [-0.05, 0) is 12.8 Å². The number of unbranched alkanes of at least 4 members (excludes halogenated alkanes) is 10. The standard InChI is InChI=1S/C18H37NO3/c1-3-5-7-9-10-11-12-14-16-18(17-20,19(21)22)15-13-8-6-4-2/h20H,3-17H2,1-2H3. The summed E-state index contributed by atoms with van der Waals surface area (Å²) in [5.74, 6) is 0. The average molecular weight is 315 g/mol. The third kappa shape index (κ3) is 9.39. The van der Waals surface area contributed by atoms with Crippen molar-refractivity contribution in [2.75, 3.05) is 6.61 Å². The lowest BCUT2D eigenvalue weighted by Gasteiger charge is -2.23. The first-order valence-electron chi connectivity index (χ1n) is 9.38. The second-order valence-corrected chi connectivity index (χ2v) is 6.68. The van der Waals surface area contributed by atoms with E-state index >= 15 is 0 Å². The summed E-state index contributed by atoms with van der Waals surface area (Å²) in [6.45, 7) is 4.03. The van der Waals surface area contributed by atoms with E-state index in [1.807, 2.05) is 0 Å². The Morgan fingerprint density at radius 1 is 0.773 bits per heavy atom. The lowest BCUT2D eigenvalue weighted by Crippen LogP contribution is -2.42. The van der Waals surface area contributed by atoms with Crippen molar-refractivity contribution in [3.63, 3.8) is 0 Å². The van der Waals surface area contributed by atoms with Gasteiger partial charge in [-0.25, -0.2) is 0 Å². The Morgan fingerprint density at radius 2 is 1.14 bits per heavy atom. The van der Waals surface area contributed by atoms with E-state index in [0.29, 0.717) is 12.8 Å². The molecule has 0 saturated heterocycles. The molecule has 0 aliphatic heterocycles. The molecule has 0 amide bonds. The summed E-state index contributed by atoms with van der Waals surface area (Å²) >= 11 is 0. The number of rotatable bonds is 16. The van der Waals surface area contributed by atoms with Gasteiger partial charge in [0.05, 0.1) is 0 Å². The minimum Gasteiger partial charge on any atom is -0.389 e. The van der Waals surface area contributed by atoms with Gasteiger partial charge in [0.2, 0.25) is 5.54 Å². The smallest absolute Gasteiger partial charge is 0.244 e. The normalized spacial score (nSPS) is 14.0. The molecule has 0 aliphatic carbocycles. The Hall–Kier alpha value is -0.640. The molecule has 22 heavy (non-hydrogen) atoms. The van der Waals surface area contributed by atoms with Gasteiger partial charge in [-0.1, -0.05) is 78.1 Å². The van der Waals surface area contributed by atoms with E-state index in [9.17, 15) is 15.2 Å². The number of hydrogen-bond donors (Lipinski definition) is 1. The van der Waals surface area contributed by atoms with Gasteiger partial charge in [0, 0.05) is 17.8 Å². The van der Waals surface area contributed by atoms with Gasteiger partial charge >= 0.3 is 0 Å². The van der Waals surface area contributed by atoms with E-state index in [0.717, 1.165) is 38.5 Å². The molecule has 132 valence electrons. The van der Waals surface area contributed by atoms with E-state index < -0.39 is 5.54 Å². The molecule has 0 heterocycles. The van der Waals surface area contributed by atoms with Gasteiger partial charge in [0.15, 0.2) is 0 Å². The largest absolute Gasteiger partial charge is 0.389 e. The van der Waals surface area contributed by atoms with Crippen LogP contribution in [0.15, 0.2) is 0 Å². The van der Waals surface area contributed by atoms with Crippen LogP contribution in [0.25, 0.3) is 0 Å². The van der Waals surface area contributed by atoms with Crippen molar-refractivity contribution in [1.29, 1.82) is 0 Å². The fourth-order valence-corrected chi connectivity index (χ4v) is 2.99. The minimum atomic E-state index is -1.09. The van der Waals surface area contributed by atoms with Crippen molar-refractivity contribution in [2.24, 2.45) is 0 Å². The maximum Gasteiger partial charge on any atom is 0.244 e. The molecule has 0 aromatic rings. The van der Waals surface area contributed by atoms with Gasteiger partial charge in [-0.15, -0.1) is 0 Å². The zero-order chi connectivity index (χ0) is 16.7. The van der Waals surface area contributed by atoms with Crippen molar-refractivity contribution >= 4 is 0 Å². The van der Waals surface area contributed by atoms with Crippen molar-refractivity contribution < 1.29 is 10.0 Å². The molecule has 0 spiro atoms. The van der Waals surface area contributed by atoms with Crippen LogP contribution >= 0.6 is 0 Å². The maximum absolute atomic E-state index is 11.4. The Bertz CT molecular complexity index is 271. The molecular weight excluding hydrogens is 278 g/mol. The van der Waals surface area contributed by atoms with Gasteiger partial charge in [0.25, 0.3) is 0 Å². The summed E-state index contributed by atoms with van der Waals surface area (Å²) in [6, 6.07) is 0. The molecule has 0 saturated carbocycles. The number of aliphatic hydroxyl groups excluding tert-OH is 1. The van der Waals surface area contributed by atoms with Crippen LogP contribution in [-0.4, -0.2) is 22.2 Å². The van der Waals surface area contributed by atoms with Crippen LogP contribution in [0.3, 0.4) is 0 Å². The lowest BCUT2D eigenvalue weighted by atomic mass is 9.87.